The summed E-state index contributed by atoms with van der Waals surface area (Å²) in [5, 5.41) is 2.66. The Hall–Kier alpha value is -2.08. The molecule has 0 aliphatic heterocycles. The first-order valence-corrected chi connectivity index (χ1v) is 6.01. The smallest absolute Gasteiger partial charge is 0.00194 e. The maximum absolute atomic E-state index is 2.32. The van der Waals surface area contributed by atoms with Crippen LogP contribution >= 0.6 is 0 Å². The van der Waals surface area contributed by atoms with Crippen molar-refractivity contribution in [2.24, 2.45) is 0 Å². The topological polar surface area (TPSA) is 0 Å². The molecule has 4 rings (SSSR count). The van der Waals surface area contributed by atoms with Crippen molar-refractivity contribution < 1.29 is 0 Å². The predicted octanol–water partition coefficient (Wildman–Crippen LogP) is 4.58. The van der Waals surface area contributed by atoms with Gasteiger partial charge in [0.15, 0.2) is 0 Å². The molecule has 2 aliphatic rings. The Kier molecular flexibility index (Phi) is 1.70. The molecule has 80 valence electrons. The summed E-state index contributed by atoms with van der Waals surface area (Å²) in [6.45, 7) is 0. The minimum atomic E-state index is 1.09. The van der Waals surface area contributed by atoms with Crippen molar-refractivity contribution in [3.63, 3.8) is 0 Å². The van der Waals surface area contributed by atoms with Crippen molar-refractivity contribution in [3.05, 3.63) is 71.3 Å². The zero-order valence-electron chi connectivity index (χ0n) is 9.48. The van der Waals surface area contributed by atoms with Crippen molar-refractivity contribution in [1.82, 2.24) is 0 Å². The second kappa shape index (κ2) is 3.21. The number of allylic oxidation sites excluding steroid dienone is 5. The van der Waals surface area contributed by atoms with Gasteiger partial charge in [-0.3, -0.25) is 0 Å². The molecule has 2 aromatic carbocycles. The fourth-order valence-electron chi connectivity index (χ4n) is 2.76. The van der Waals surface area contributed by atoms with E-state index in [0.29, 0.717) is 0 Å². The van der Waals surface area contributed by atoms with Gasteiger partial charge in [-0.15, -0.1) is 0 Å². The molecule has 2 bridgehead atoms. The van der Waals surface area contributed by atoms with Gasteiger partial charge >= 0.3 is 0 Å². The van der Waals surface area contributed by atoms with E-state index in [1.54, 1.807) is 0 Å². The molecule has 0 N–H and O–H groups in total. The molecule has 0 heteroatoms. The number of hydrogen-bond donors (Lipinski definition) is 0. The van der Waals surface area contributed by atoms with Crippen LogP contribution in [0.25, 0.3) is 22.4 Å². The Bertz CT molecular complexity index is 712. The van der Waals surface area contributed by atoms with Crippen molar-refractivity contribution in [2.75, 3.05) is 0 Å². The van der Waals surface area contributed by atoms with Crippen LogP contribution in [0.15, 0.2) is 60.2 Å². The fourth-order valence-corrected chi connectivity index (χ4v) is 2.76. The molecule has 0 unspecified atom stereocenters. The summed E-state index contributed by atoms with van der Waals surface area (Å²) in [6.07, 6.45) is 10.0. The molecule has 0 saturated carbocycles. The third-order valence-corrected chi connectivity index (χ3v) is 3.61. The molecule has 0 radical (unpaired) electrons. The van der Waals surface area contributed by atoms with E-state index in [-0.39, 0.29) is 0 Å². The largest absolute Gasteiger partial charge is 0.0617 e. The van der Waals surface area contributed by atoms with Gasteiger partial charge in [0.05, 0.1) is 0 Å². The molecule has 0 atom stereocenters. The first-order valence-electron chi connectivity index (χ1n) is 6.01. The highest BCUT2D eigenvalue weighted by molar-refractivity contribution is 5.94. The van der Waals surface area contributed by atoms with Crippen LogP contribution in [0.4, 0.5) is 0 Å². The van der Waals surface area contributed by atoms with Crippen molar-refractivity contribution in [1.29, 1.82) is 0 Å². The van der Waals surface area contributed by atoms with Crippen LogP contribution < -0.4 is 0 Å². The molecule has 0 spiro atoms. The van der Waals surface area contributed by atoms with Gasteiger partial charge in [0.2, 0.25) is 0 Å². The molecule has 0 fully saturated rings. The van der Waals surface area contributed by atoms with Crippen molar-refractivity contribution in [2.45, 2.75) is 6.42 Å². The third kappa shape index (κ3) is 1.31. The average Bonchev–Trinajstić information content (AvgIpc) is 2.37. The second-order valence-electron chi connectivity index (χ2n) is 4.73. The molecule has 0 aromatic heterocycles. The van der Waals surface area contributed by atoms with Gasteiger partial charge in [0, 0.05) is 0 Å². The molecule has 0 heterocycles. The van der Waals surface area contributed by atoms with E-state index in [1.807, 2.05) is 0 Å². The Morgan fingerprint density at radius 2 is 1.76 bits per heavy atom. The summed E-state index contributed by atoms with van der Waals surface area (Å²) in [6, 6.07) is 13.2. The lowest BCUT2D eigenvalue weighted by atomic mass is 9.83. The molecule has 2 aromatic rings. The molecule has 17 heavy (non-hydrogen) atoms. The molecule has 0 saturated heterocycles. The fraction of sp³-hybridized carbons (Fsp3) is 0.0588. The van der Waals surface area contributed by atoms with E-state index >= 15 is 0 Å². The second-order valence-corrected chi connectivity index (χ2v) is 4.73. The maximum Gasteiger partial charge on any atom is -0.00194 e. The van der Waals surface area contributed by atoms with E-state index < -0.39 is 0 Å². The Morgan fingerprint density at radius 1 is 0.941 bits per heavy atom. The zero-order valence-corrected chi connectivity index (χ0v) is 9.48. The lowest BCUT2D eigenvalue weighted by Crippen LogP contribution is -2.00. The highest BCUT2D eigenvalue weighted by Gasteiger charge is 2.16. The number of benzene rings is 2. The maximum atomic E-state index is 2.32. The monoisotopic (exact) mass is 216 g/mol. The van der Waals surface area contributed by atoms with Crippen LogP contribution in [0.5, 0.6) is 0 Å². The molecular formula is C17H12. The highest BCUT2D eigenvalue weighted by atomic mass is 14.2. The number of fused-ring (bicyclic) bond motifs is 5. The quantitative estimate of drug-likeness (QED) is 0.604. The molecular weight excluding hydrogens is 204 g/mol. The summed E-state index contributed by atoms with van der Waals surface area (Å²) in [7, 11) is 0. The standard InChI is InChI=1S/C17H12/c1-2-6-14-11-17-15-7-3-4-12(8-15)9-16(17)10-13(14)5-1/h1-7,9-11H,8H2. The van der Waals surface area contributed by atoms with Crippen molar-refractivity contribution >= 4 is 22.4 Å². The number of hydrogen-bond acceptors (Lipinski definition) is 0. The lowest BCUT2D eigenvalue weighted by molar-refractivity contribution is 1.26. The first-order chi connectivity index (χ1) is 8.40. The van der Waals surface area contributed by atoms with Crippen LogP contribution in [0.1, 0.15) is 17.5 Å². The Morgan fingerprint density at radius 3 is 2.65 bits per heavy atom. The van der Waals surface area contributed by atoms with Crippen LogP contribution in [-0.2, 0) is 0 Å². The van der Waals surface area contributed by atoms with E-state index in [9.17, 15) is 0 Å². The molecule has 2 aliphatic carbocycles. The minimum absolute atomic E-state index is 1.09. The summed E-state index contributed by atoms with van der Waals surface area (Å²) in [5.41, 5.74) is 5.63. The van der Waals surface area contributed by atoms with Gasteiger partial charge < -0.3 is 0 Å². The van der Waals surface area contributed by atoms with Crippen molar-refractivity contribution in [3.8, 4) is 0 Å². The SMILES string of the molecule is C1=CC2=Cc3cc4ccccc4cc3C(=C1)C2. The first kappa shape index (κ1) is 9.00. The Labute approximate surface area is 101 Å². The zero-order chi connectivity index (χ0) is 11.2. The summed E-state index contributed by atoms with van der Waals surface area (Å²) < 4.78 is 0. The average molecular weight is 216 g/mol. The van der Waals surface area contributed by atoms with Gasteiger partial charge in [-0.1, -0.05) is 48.6 Å². The summed E-state index contributed by atoms with van der Waals surface area (Å²) in [4.78, 5) is 0. The van der Waals surface area contributed by atoms with Crippen LogP contribution in [0.3, 0.4) is 0 Å². The van der Waals surface area contributed by atoms with Gasteiger partial charge in [0.1, 0.15) is 0 Å². The number of rotatable bonds is 0. The van der Waals surface area contributed by atoms with Crippen LogP contribution in [-0.4, -0.2) is 0 Å². The predicted molar refractivity (Wildman–Crippen MR) is 73.7 cm³/mol. The minimum Gasteiger partial charge on any atom is -0.0617 e. The van der Waals surface area contributed by atoms with E-state index in [1.165, 1.54) is 33.0 Å². The summed E-state index contributed by atoms with van der Waals surface area (Å²) in [5.74, 6) is 0. The van der Waals surface area contributed by atoms with Crippen LogP contribution in [0.2, 0.25) is 0 Å². The molecule has 0 amide bonds. The van der Waals surface area contributed by atoms with Gasteiger partial charge in [-0.25, -0.2) is 0 Å². The van der Waals surface area contributed by atoms with E-state index in [2.05, 4.69) is 60.7 Å². The van der Waals surface area contributed by atoms with Gasteiger partial charge in [-0.2, -0.15) is 0 Å². The lowest BCUT2D eigenvalue weighted by Gasteiger charge is -2.21. The normalized spacial score (nSPS) is 16.5. The Balaban J connectivity index is 2.09. The van der Waals surface area contributed by atoms with Gasteiger partial charge in [0.25, 0.3) is 0 Å². The van der Waals surface area contributed by atoms with Gasteiger partial charge in [-0.05, 0) is 51.6 Å². The highest BCUT2D eigenvalue weighted by Crippen LogP contribution is 2.37. The summed E-state index contributed by atoms with van der Waals surface area (Å²) >= 11 is 0. The third-order valence-electron chi connectivity index (χ3n) is 3.61. The molecule has 0 nitrogen and oxygen atoms in total. The van der Waals surface area contributed by atoms with E-state index in [4.69, 9.17) is 0 Å². The van der Waals surface area contributed by atoms with E-state index in [0.717, 1.165) is 6.42 Å². The van der Waals surface area contributed by atoms with Crippen LogP contribution in [0, 0.1) is 0 Å².